The van der Waals surface area contributed by atoms with E-state index in [-0.39, 0.29) is 22.3 Å². The zero-order chi connectivity index (χ0) is 15.3. The molecule has 20 heavy (non-hydrogen) atoms. The molecule has 0 aliphatic heterocycles. The lowest BCUT2D eigenvalue weighted by molar-refractivity contribution is -0.384. The standard InChI is InChI=1S/C13H18ClN3O3/c1-8(2)7-15-13(18)9(3)16-11-5-4-10(14)6-12(11)17(19)20/h4-6,8-9,16H,7H2,1-3H3,(H,15,18). The van der Waals surface area contributed by atoms with Crippen molar-refractivity contribution in [3.63, 3.8) is 0 Å². The zero-order valence-corrected chi connectivity index (χ0v) is 12.4. The number of rotatable bonds is 6. The fourth-order valence-electron chi connectivity index (χ4n) is 1.53. The topological polar surface area (TPSA) is 84.3 Å². The molecule has 0 heterocycles. The highest BCUT2D eigenvalue weighted by molar-refractivity contribution is 6.30. The van der Waals surface area contributed by atoms with E-state index in [1.165, 1.54) is 18.2 Å². The number of nitrogens with one attached hydrogen (secondary N) is 2. The first-order valence-corrected chi connectivity index (χ1v) is 6.67. The van der Waals surface area contributed by atoms with Gasteiger partial charge >= 0.3 is 0 Å². The first-order chi connectivity index (χ1) is 9.31. The molecule has 1 aromatic rings. The fourth-order valence-corrected chi connectivity index (χ4v) is 1.70. The van der Waals surface area contributed by atoms with Crippen molar-refractivity contribution in [1.29, 1.82) is 0 Å². The number of hydrogen-bond acceptors (Lipinski definition) is 4. The highest BCUT2D eigenvalue weighted by Gasteiger charge is 2.19. The Kier molecular flexibility index (Phi) is 5.76. The number of hydrogen-bond donors (Lipinski definition) is 2. The maximum absolute atomic E-state index is 11.8. The third-order valence-corrected chi connectivity index (χ3v) is 2.84. The molecule has 0 saturated heterocycles. The molecule has 1 amide bonds. The number of halogens is 1. The zero-order valence-electron chi connectivity index (χ0n) is 11.6. The van der Waals surface area contributed by atoms with Crippen LogP contribution in [0.25, 0.3) is 0 Å². The predicted octanol–water partition coefficient (Wildman–Crippen LogP) is 2.82. The Morgan fingerprint density at radius 2 is 2.05 bits per heavy atom. The monoisotopic (exact) mass is 299 g/mol. The van der Waals surface area contributed by atoms with Gasteiger partial charge in [-0.2, -0.15) is 0 Å². The normalized spacial score (nSPS) is 12.1. The van der Waals surface area contributed by atoms with Gasteiger partial charge in [0.25, 0.3) is 5.69 Å². The van der Waals surface area contributed by atoms with Gasteiger partial charge in [0.2, 0.25) is 5.91 Å². The Balaban J connectivity index is 2.77. The SMILES string of the molecule is CC(C)CNC(=O)C(C)Nc1ccc(Cl)cc1[N+](=O)[O-]. The van der Waals surface area contributed by atoms with E-state index in [0.717, 1.165) is 0 Å². The number of carbonyl (C=O) groups excluding carboxylic acids is 1. The molecule has 0 aliphatic carbocycles. The fraction of sp³-hybridized carbons (Fsp3) is 0.462. The van der Waals surface area contributed by atoms with E-state index >= 15 is 0 Å². The third kappa shape index (κ3) is 4.70. The summed E-state index contributed by atoms with van der Waals surface area (Å²) in [4.78, 5) is 22.2. The van der Waals surface area contributed by atoms with Crippen molar-refractivity contribution in [3.8, 4) is 0 Å². The summed E-state index contributed by atoms with van der Waals surface area (Å²) in [6.07, 6.45) is 0. The summed E-state index contributed by atoms with van der Waals surface area (Å²) in [5, 5.41) is 16.8. The number of nitro groups is 1. The molecule has 1 aromatic carbocycles. The van der Waals surface area contributed by atoms with Gasteiger partial charge in [-0.05, 0) is 25.0 Å². The molecule has 0 radical (unpaired) electrons. The molecular weight excluding hydrogens is 282 g/mol. The first kappa shape index (κ1) is 16.2. The number of benzene rings is 1. The van der Waals surface area contributed by atoms with Crippen LogP contribution in [0.1, 0.15) is 20.8 Å². The second kappa shape index (κ2) is 7.09. The molecule has 6 nitrogen and oxygen atoms in total. The van der Waals surface area contributed by atoms with Crippen molar-refractivity contribution >= 4 is 28.9 Å². The third-order valence-electron chi connectivity index (χ3n) is 2.61. The van der Waals surface area contributed by atoms with Gasteiger partial charge in [0.1, 0.15) is 11.7 Å². The van der Waals surface area contributed by atoms with Gasteiger partial charge in [0.05, 0.1) is 4.92 Å². The van der Waals surface area contributed by atoms with Gasteiger partial charge in [0, 0.05) is 17.6 Å². The van der Waals surface area contributed by atoms with Gasteiger partial charge in [-0.3, -0.25) is 14.9 Å². The maximum atomic E-state index is 11.8. The van der Waals surface area contributed by atoms with Crippen LogP contribution in [0.4, 0.5) is 11.4 Å². The molecule has 0 saturated carbocycles. The average molecular weight is 300 g/mol. The second-order valence-corrected chi connectivity index (χ2v) is 5.36. The van der Waals surface area contributed by atoms with E-state index in [4.69, 9.17) is 11.6 Å². The highest BCUT2D eigenvalue weighted by Crippen LogP contribution is 2.28. The largest absolute Gasteiger partial charge is 0.368 e. The predicted molar refractivity (Wildman–Crippen MR) is 79.0 cm³/mol. The maximum Gasteiger partial charge on any atom is 0.293 e. The lowest BCUT2D eigenvalue weighted by Gasteiger charge is -2.16. The van der Waals surface area contributed by atoms with E-state index in [2.05, 4.69) is 10.6 Å². The van der Waals surface area contributed by atoms with E-state index < -0.39 is 11.0 Å². The van der Waals surface area contributed by atoms with Crippen molar-refractivity contribution in [1.82, 2.24) is 5.32 Å². The number of nitrogens with zero attached hydrogens (tertiary/aromatic N) is 1. The van der Waals surface area contributed by atoms with Crippen LogP contribution in [0.2, 0.25) is 5.02 Å². The molecule has 1 rings (SSSR count). The number of anilines is 1. The van der Waals surface area contributed by atoms with Crippen LogP contribution in [0.3, 0.4) is 0 Å². The summed E-state index contributed by atoms with van der Waals surface area (Å²) in [5.74, 6) is 0.138. The Bertz CT molecular complexity index is 506. The van der Waals surface area contributed by atoms with E-state index in [9.17, 15) is 14.9 Å². The van der Waals surface area contributed by atoms with Gasteiger partial charge in [0.15, 0.2) is 0 Å². The van der Waals surface area contributed by atoms with E-state index in [1.807, 2.05) is 13.8 Å². The molecule has 7 heteroatoms. The molecule has 0 aromatic heterocycles. The quantitative estimate of drug-likeness (QED) is 0.625. The van der Waals surface area contributed by atoms with Crippen molar-refractivity contribution < 1.29 is 9.72 Å². The van der Waals surface area contributed by atoms with Gasteiger partial charge < -0.3 is 10.6 Å². The molecule has 2 N–H and O–H groups in total. The van der Waals surface area contributed by atoms with E-state index in [0.29, 0.717) is 12.5 Å². The minimum absolute atomic E-state index is 0.152. The Morgan fingerprint density at radius 1 is 1.40 bits per heavy atom. The Hall–Kier alpha value is -1.82. The summed E-state index contributed by atoms with van der Waals surface area (Å²) < 4.78 is 0. The van der Waals surface area contributed by atoms with Crippen molar-refractivity contribution in [3.05, 3.63) is 33.3 Å². The Morgan fingerprint density at radius 3 is 2.60 bits per heavy atom. The molecule has 1 unspecified atom stereocenters. The molecule has 110 valence electrons. The highest BCUT2D eigenvalue weighted by atomic mass is 35.5. The molecule has 0 spiro atoms. The van der Waals surface area contributed by atoms with Crippen LogP contribution in [-0.2, 0) is 4.79 Å². The van der Waals surface area contributed by atoms with Crippen LogP contribution < -0.4 is 10.6 Å². The molecule has 0 fully saturated rings. The lowest BCUT2D eigenvalue weighted by atomic mass is 10.2. The summed E-state index contributed by atoms with van der Waals surface area (Å²) >= 11 is 5.73. The number of carbonyl (C=O) groups is 1. The van der Waals surface area contributed by atoms with E-state index in [1.54, 1.807) is 6.92 Å². The minimum Gasteiger partial charge on any atom is -0.368 e. The van der Waals surface area contributed by atoms with Crippen LogP contribution in [0, 0.1) is 16.0 Å². The summed E-state index contributed by atoms with van der Waals surface area (Å²) in [7, 11) is 0. The summed E-state index contributed by atoms with van der Waals surface area (Å²) in [6, 6.07) is 3.71. The molecular formula is C13H18ClN3O3. The van der Waals surface area contributed by atoms with Crippen molar-refractivity contribution in [2.75, 3.05) is 11.9 Å². The van der Waals surface area contributed by atoms with Crippen molar-refractivity contribution in [2.24, 2.45) is 5.92 Å². The van der Waals surface area contributed by atoms with Crippen LogP contribution in [-0.4, -0.2) is 23.4 Å². The van der Waals surface area contributed by atoms with Gasteiger partial charge in [-0.15, -0.1) is 0 Å². The molecule has 1 atom stereocenters. The number of nitro benzene ring substituents is 1. The lowest BCUT2D eigenvalue weighted by Crippen LogP contribution is -2.39. The molecule has 0 aliphatic rings. The van der Waals surface area contributed by atoms with Crippen LogP contribution >= 0.6 is 11.6 Å². The van der Waals surface area contributed by atoms with Crippen LogP contribution in [0.15, 0.2) is 18.2 Å². The second-order valence-electron chi connectivity index (χ2n) is 4.92. The average Bonchev–Trinajstić information content (AvgIpc) is 2.37. The van der Waals surface area contributed by atoms with Gasteiger partial charge in [-0.25, -0.2) is 0 Å². The first-order valence-electron chi connectivity index (χ1n) is 6.29. The molecule has 0 bridgehead atoms. The Labute approximate surface area is 122 Å². The van der Waals surface area contributed by atoms with Crippen molar-refractivity contribution in [2.45, 2.75) is 26.8 Å². The van der Waals surface area contributed by atoms with Gasteiger partial charge in [-0.1, -0.05) is 25.4 Å². The summed E-state index contributed by atoms with van der Waals surface area (Å²) in [6.45, 7) is 6.19. The van der Waals surface area contributed by atoms with Crippen LogP contribution in [0.5, 0.6) is 0 Å². The summed E-state index contributed by atoms with van der Waals surface area (Å²) in [5.41, 5.74) is 0.118. The minimum atomic E-state index is -0.575. The number of amides is 1. The smallest absolute Gasteiger partial charge is 0.293 e.